The molecule has 0 unspecified atom stereocenters. The van der Waals surface area contributed by atoms with E-state index in [-0.39, 0.29) is 0 Å². The van der Waals surface area contributed by atoms with Gasteiger partial charge in [-0.25, -0.2) is 9.97 Å². The summed E-state index contributed by atoms with van der Waals surface area (Å²) in [5.41, 5.74) is 0. The van der Waals surface area contributed by atoms with Gasteiger partial charge in [-0.2, -0.15) is 0 Å². The first-order chi connectivity index (χ1) is 5.95. The fourth-order valence-corrected chi connectivity index (χ4v) is 0.849. The number of anilines is 1. The molecule has 0 spiro atoms. The lowest BCUT2D eigenvalue weighted by Crippen LogP contribution is -2.09. The summed E-state index contributed by atoms with van der Waals surface area (Å²) in [6.07, 6.45) is 6.26. The molecule has 0 aromatic carbocycles. The highest BCUT2D eigenvalue weighted by Crippen LogP contribution is 2.22. The van der Waals surface area contributed by atoms with E-state index in [1.807, 2.05) is 0 Å². The smallest absolute Gasteiger partial charge is 0.224 e. The summed E-state index contributed by atoms with van der Waals surface area (Å²) in [5.74, 6) is 0.623. The predicted molar refractivity (Wildman–Crippen MR) is 44.6 cm³/mol. The molecule has 1 aromatic rings. The molecule has 2 rings (SSSR count). The zero-order valence-electron chi connectivity index (χ0n) is 6.73. The topological polar surface area (TPSA) is 47.0 Å². The average Bonchev–Trinajstić information content (AvgIpc) is 2.90. The molecule has 0 aliphatic heterocycles. The molecule has 0 atom stereocenters. The van der Waals surface area contributed by atoms with E-state index in [0.717, 1.165) is 0 Å². The van der Waals surface area contributed by atoms with Gasteiger partial charge in [0.2, 0.25) is 5.95 Å². The second kappa shape index (κ2) is 3.49. The van der Waals surface area contributed by atoms with E-state index in [4.69, 9.17) is 4.74 Å². The Kier molecular flexibility index (Phi) is 2.18. The number of hydrogen-bond donors (Lipinski definition) is 1. The highest BCUT2D eigenvalue weighted by atomic mass is 16.5. The Morgan fingerprint density at radius 2 is 2.17 bits per heavy atom. The van der Waals surface area contributed by atoms with Crippen LogP contribution in [0.15, 0.2) is 18.5 Å². The monoisotopic (exact) mass is 165 g/mol. The van der Waals surface area contributed by atoms with Crippen molar-refractivity contribution in [3.63, 3.8) is 0 Å². The number of ether oxygens (including phenoxy) is 1. The van der Waals surface area contributed by atoms with Crippen molar-refractivity contribution in [1.82, 2.24) is 9.97 Å². The SMILES string of the molecule is c1cnc(NCOC2CC2)nc1. The van der Waals surface area contributed by atoms with Gasteiger partial charge < -0.3 is 10.1 Å². The molecule has 0 radical (unpaired) electrons. The van der Waals surface area contributed by atoms with E-state index in [2.05, 4.69) is 15.3 Å². The van der Waals surface area contributed by atoms with Crippen LogP contribution in [0.5, 0.6) is 0 Å². The van der Waals surface area contributed by atoms with Gasteiger partial charge in [0.1, 0.15) is 6.73 Å². The summed E-state index contributed by atoms with van der Waals surface area (Å²) in [5, 5.41) is 2.97. The lowest BCUT2D eigenvalue weighted by molar-refractivity contribution is 0.137. The largest absolute Gasteiger partial charge is 0.358 e. The molecule has 0 saturated heterocycles. The summed E-state index contributed by atoms with van der Waals surface area (Å²) in [6.45, 7) is 0.509. The first-order valence-electron chi connectivity index (χ1n) is 4.07. The van der Waals surface area contributed by atoms with Gasteiger partial charge in [-0.1, -0.05) is 0 Å². The Bertz CT molecular complexity index is 235. The Labute approximate surface area is 71.0 Å². The Morgan fingerprint density at radius 1 is 1.42 bits per heavy atom. The maximum absolute atomic E-state index is 5.37. The maximum atomic E-state index is 5.37. The Morgan fingerprint density at radius 3 is 2.83 bits per heavy atom. The van der Waals surface area contributed by atoms with Crippen molar-refractivity contribution < 1.29 is 4.74 Å². The third kappa shape index (κ3) is 2.17. The molecule has 0 amide bonds. The van der Waals surface area contributed by atoms with Crippen LogP contribution in [0.2, 0.25) is 0 Å². The standard InChI is InChI=1S/C8H11N3O/c1-4-9-8(10-5-1)11-6-12-7-2-3-7/h1,4-5,7H,2-3,6H2,(H,9,10,11). The van der Waals surface area contributed by atoms with E-state index >= 15 is 0 Å². The van der Waals surface area contributed by atoms with E-state index in [1.165, 1.54) is 12.8 Å². The van der Waals surface area contributed by atoms with Gasteiger partial charge in [0.15, 0.2) is 0 Å². The van der Waals surface area contributed by atoms with Crippen molar-refractivity contribution in [2.75, 3.05) is 12.0 Å². The fourth-order valence-electron chi connectivity index (χ4n) is 0.849. The number of aromatic nitrogens is 2. The maximum Gasteiger partial charge on any atom is 0.224 e. The molecule has 1 aliphatic carbocycles. The Balaban J connectivity index is 1.72. The molecular weight excluding hydrogens is 154 g/mol. The summed E-state index contributed by atoms with van der Waals surface area (Å²) in [4.78, 5) is 7.99. The predicted octanol–water partition coefficient (Wildman–Crippen LogP) is 1.02. The molecule has 1 heterocycles. The molecule has 1 fully saturated rings. The minimum absolute atomic E-state index is 0.473. The number of hydrogen-bond acceptors (Lipinski definition) is 4. The molecule has 4 heteroatoms. The molecule has 64 valence electrons. The average molecular weight is 165 g/mol. The van der Waals surface area contributed by atoms with E-state index in [0.29, 0.717) is 18.8 Å². The molecular formula is C8H11N3O. The Hall–Kier alpha value is -1.16. The third-order valence-corrected chi connectivity index (χ3v) is 1.64. The van der Waals surface area contributed by atoms with Crippen molar-refractivity contribution in [3.8, 4) is 0 Å². The molecule has 1 saturated carbocycles. The van der Waals surface area contributed by atoms with Crippen molar-refractivity contribution in [1.29, 1.82) is 0 Å². The van der Waals surface area contributed by atoms with Gasteiger partial charge in [-0.3, -0.25) is 0 Å². The first kappa shape index (κ1) is 7.49. The van der Waals surface area contributed by atoms with Crippen molar-refractivity contribution >= 4 is 5.95 Å². The molecule has 0 bridgehead atoms. The lowest BCUT2D eigenvalue weighted by Gasteiger charge is -2.03. The molecule has 1 N–H and O–H groups in total. The summed E-state index contributed by atoms with van der Waals surface area (Å²) in [7, 11) is 0. The minimum Gasteiger partial charge on any atom is -0.358 e. The van der Waals surface area contributed by atoms with E-state index in [1.54, 1.807) is 18.5 Å². The lowest BCUT2D eigenvalue weighted by atomic mass is 10.7. The molecule has 1 aliphatic rings. The van der Waals surface area contributed by atoms with Gasteiger partial charge in [0, 0.05) is 12.4 Å². The van der Waals surface area contributed by atoms with Crippen LogP contribution in [0.3, 0.4) is 0 Å². The second-order valence-electron chi connectivity index (χ2n) is 2.76. The highest BCUT2D eigenvalue weighted by Gasteiger charge is 2.21. The quantitative estimate of drug-likeness (QED) is 0.677. The summed E-state index contributed by atoms with van der Waals surface area (Å²) in [6, 6.07) is 1.78. The van der Waals surface area contributed by atoms with Gasteiger partial charge in [0.05, 0.1) is 6.10 Å². The van der Waals surface area contributed by atoms with Crippen LogP contribution >= 0.6 is 0 Å². The fraction of sp³-hybridized carbons (Fsp3) is 0.500. The van der Waals surface area contributed by atoms with E-state index < -0.39 is 0 Å². The molecule has 4 nitrogen and oxygen atoms in total. The minimum atomic E-state index is 0.473. The number of nitrogens with zero attached hydrogens (tertiary/aromatic N) is 2. The summed E-state index contributed by atoms with van der Waals surface area (Å²) < 4.78 is 5.37. The zero-order chi connectivity index (χ0) is 8.23. The normalized spacial score (nSPS) is 16.0. The van der Waals surface area contributed by atoms with E-state index in [9.17, 15) is 0 Å². The van der Waals surface area contributed by atoms with Crippen LogP contribution in [0.4, 0.5) is 5.95 Å². The first-order valence-corrected chi connectivity index (χ1v) is 4.07. The molecule has 12 heavy (non-hydrogen) atoms. The van der Waals surface area contributed by atoms with Crippen LogP contribution < -0.4 is 5.32 Å². The third-order valence-electron chi connectivity index (χ3n) is 1.64. The second-order valence-corrected chi connectivity index (χ2v) is 2.76. The van der Waals surface area contributed by atoms with Crippen LogP contribution in [-0.4, -0.2) is 22.8 Å². The van der Waals surface area contributed by atoms with Crippen LogP contribution in [0, 0.1) is 0 Å². The zero-order valence-corrected chi connectivity index (χ0v) is 6.73. The van der Waals surface area contributed by atoms with Gasteiger partial charge in [-0.05, 0) is 18.9 Å². The van der Waals surface area contributed by atoms with Crippen LogP contribution in [0.1, 0.15) is 12.8 Å². The number of rotatable bonds is 4. The number of nitrogens with one attached hydrogen (secondary N) is 1. The van der Waals surface area contributed by atoms with Crippen molar-refractivity contribution in [3.05, 3.63) is 18.5 Å². The van der Waals surface area contributed by atoms with Crippen molar-refractivity contribution in [2.24, 2.45) is 0 Å². The molecule has 1 aromatic heterocycles. The van der Waals surface area contributed by atoms with Crippen LogP contribution in [-0.2, 0) is 4.74 Å². The van der Waals surface area contributed by atoms with Crippen LogP contribution in [0.25, 0.3) is 0 Å². The summed E-state index contributed by atoms with van der Waals surface area (Å²) >= 11 is 0. The van der Waals surface area contributed by atoms with Gasteiger partial charge in [-0.15, -0.1) is 0 Å². The van der Waals surface area contributed by atoms with Gasteiger partial charge >= 0.3 is 0 Å². The van der Waals surface area contributed by atoms with Crippen molar-refractivity contribution in [2.45, 2.75) is 18.9 Å². The highest BCUT2D eigenvalue weighted by molar-refractivity contribution is 5.20. The van der Waals surface area contributed by atoms with Gasteiger partial charge in [0.25, 0.3) is 0 Å².